The maximum absolute atomic E-state index is 11.9. The molecule has 94 valence electrons. The Morgan fingerprint density at radius 2 is 2.00 bits per heavy atom. The Balaban J connectivity index is 2.24. The van der Waals surface area contributed by atoms with Crippen LogP contribution in [0.25, 0.3) is 0 Å². The van der Waals surface area contributed by atoms with Crippen LogP contribution in [0.4, 0.5) is 0 Å². The van der Waals surface area contributed by atoms with Crippen molar-refractivity contribution in [2.45, 2.75) is 51.9 Å². The summed E-state index contributed by atoms with van der Waals surface area (Å²) in [5.41, 5.74) is 0. The van der Waals surface area contributed by atoms with Crippen LogP contribution in [0.1, 0.15) is 51.9 Å². The molecule has 0 bridgehead atoms. The van der Waals surface area contributed by atoms with Gasteiger partial charge in [0.25, 0.3) is 0 Å². The van der Waals surface area contributed by atoms with Gasteiger partial charge in [-0.2, -0.15) is 0 Å². The van der Waals surface area contributed by atoms with Gasteiger partial charge in [0.15, 0.2) is 0 Å². The topological polar surface area (TPSA) is 40.5 Å². The first kappa shape index (κ1) is 13.5. The van der Waals surface area contributed by atoms with Crippen LogP contribution in [0.15, 0.2) is 0 Å². The number of aliphatic hydroxyl groups excluding tert-OH is 1. The van der Waals surface area contributed by atoms with Crippen molar-refractivity contribution in [1.29, 1.82) is 0 Å². The van der Waals surface area contributed by atoms with Crippen LogP contribution in [-0.2, 0) is 4.79 Å². The summed E-state index contributed by atoms with van der Waals surface area (Å²) in [4.78, 5) is 13.7. The van der Waals surface area contributed by atoms with E-state index in [2.05, 4.69) is 6.92 Å². The van der Waals surface area contributed by atoms with Crippen LogP contribution >= 0.6 is 0 Å². The van der Waals surface area contributed by atoms with Crippen molar-refractivity contribution in [2.24, 2.45) is 5.92 Å². The molecular formula is C13H25NO2. The fraction of sp³-hybridized carbons (Fsp3) is 0.923. The molecule has 1 rings (SSSR count). The van der Waals surface area contributed by atoms with Crippen molar-refractivity contribution in [3.05, 3.63) is 0 Å². The smallest absolute Gasteiger partial charge is 0.222 e. The van der Waals surface area contributed by atoms with Gasteiger partial charge in [0.1, 0.15) is 0 Å². The Labute approximate surface area is 98.8 Å². The van der Waals surface area contributed by atoms with Gasteiger partial charge in [-0.3, -0.25) is 4.79 Å². The first-order valence-corrected chi connectivity index (χ1v) is 6.66. The quantitative estimate of drug-likeness (QED) is 0.724. The minimum absolute atomic E-state index is 0.0785. The van der Waals surface area contributed by atoms with Gasteiger partial charge in [-0.05, 0) is 18.8 Å². The first-order chi connectivity index (χ1) is 7.77. The largest absolute Gasteiger partial charge is 0.395 e. The van der Waals surface area contributed by atoms with Crippen molar-refractivity contribution >= 4 is 5.91 Å². The fourth-order valence-corrected chi connectivity index (χ4v) is 2.54. The predicted octanol–water partition coefficient (Wildman–Crippen LogP) is 2.19. The minimum atomic E-state index is 0.0785. The highest BCUT2D eigenvalue weighted by molar-refractivity contribution is 5.76. The number of amides is 1. The maximum atomic E-state index is 11.9. The van der Waals surface area contributed by atoms with Crippen LogP contribution in [0.5, 0.6) is 0 Å². The zero-order chi connectivity index (χ0) is 11.8. The van der Waals surface area contributed by atoms with Crippen LogP contribution in [0, 0.1) is 5.92 Å². The van der Waals surface area contributed by atoms with Crippen molar-refractivity contribution in [2.75, 3.05) is 19.7 Å². The number of hydrogen-bond acceptors (Lipinski definition) is 2. The zero-order valence-corrected chi connectivity index (χ0v) is 10.5. The third-order valence-electron chi connectivity index (χ3n) is 3.46. The van der Waals surface area contributed by atoms with E-state index in [4.69, 9.17) is 5.11 Å². The highest BCUT2D eigenvalue weighted by Crippen LogP contribution is 2.28. The van der Waals surface area contributed by atoms with Gasteiger partial charge in [0.05, 0.1) is 6.61 Å². The van der Waals surface area contributed by atoms with E-state index in [0.717, 1.165) is 25.3 Å². The second-order valence-electron chi connectivity index (χ2n) is 4.79. The van der Waals surface area contributed by atoms with Gasteiger partial charge >= 0.3 is 0 Å². The molecule has 3 nitrogen and oxygen atoms in total. The third-order valence-corrected chi connectivity index (χ3v) is 3.46. The van der Waals surface area contributed by atoms with E-state index < -0.39 is 0 Å². The van der Waals surface area contributed by atoms with Gasteiger partial charge in [0.2, 0.25) is 5.91 Å². The van der Waals surface area contributed by atoms with Crippen LogP contribution in [-0.4, -0.2) is 35.6 Å². The second kappa shape index (κ2) is 7.66. The molecule has 0 aromatic carbocycles. The van der Waals surface area contributed by atoms with Gasteiger partial charge in [-0.1, -0.05) is 32.6 Å². The molecule has 1 N–H and O–H groups in total. The Bertz CT molecular complexity index is 194. The van der Waals surface area contributed by atoms with Crippen molar-refractivity contribution in [3.63, 3.8) is 0 Å². The summed E-state index contributed by atoms with van der Waals surface area (Å²) in [6, 6.07) is 0. The average molecular weight is 227 g/mol. The molecule has 1 aliphatic carbocycles. The highest BCUT2D eigenvalue weighted by atomic mass is 16.3. The lowest BCUT2D eigenvalue weighted by Crippen LogP contribution is -2.34. The third kappa shape index (κ3) is 4.52. The fourth-order valence-electron chi connectivity index (χ4n) is 2.54. The lowest BCUT2D eigenvalue weighted by atomic mass is 10.0. The Kier molecular flexibility index (Phi) is 6.46. The lowest BCUT2D eigenvalue weighted by molar-refractivity contribution is -0.132. The molecule has 0 heterocycles. The molecule has 16 heavy (non-hydrogen) atoms. The monoisotopic (exact) mass is 227 g/mol. The predicted molar refractivity (Wildman–Crippen MR) is 65.1 cm³/mol. The van der Waals surface area contributed by atoms with Gasteiger partial charge in [-0.25, -0.2) is 0 Å². The average Bonchev–Trinajstić information content (AvgIpc) is 2.78. The molecule has 0 radical (unpaired) electrons. The van der Waals surface area contributed by atoms with Crippen LogP contribution < -0.4 is 0 Å². The molecule has 1 fully saturated rings. The van der Waals surface area contributed by atoms with E-state index in [1.807, 2.05) is 0 Å². The Morgan fingerprint density at radius 3 is 2.56 bits per heavy atom. The molecule has 0 aromatic heterocycles. The number of hydrogen-bond donors (Lipinski definition) is 1. The van der Waals surface area contributed by atoms with Crippen molar-refractivity contribution < 1.29 is 9.90 Å². The summed E-state index contributed by atoms with van der Waals surface area (Å²) in [7, 11) is 0. The maximum Gasteiger partial charge on any atom is 0.222 e. The minimum Gasteiger partial charge on any atom is -0.395 e. The number of carbonyl (C=O) groups excluding carboxylic acids is 1. The van der Waals surface area contributed by atoms with Gasteiger partial charge < -0.3 is 10.0 Å². The lowest BCUT2D eigenvalue weighted by Gasteiger charge is -2.21. The van der Waals surface area contributed by atoms with Gasteiger partial charge in [-0.15, -0.1) is 0 Å². The van der Waals surface area contributed by atoms with E-state index in [-0.39, 0.29) is 12.5 Å². The summed E-state index contributed by atoms with van der Waals surface area (Å²) >= 11 is 0. The Morgan fingerprint density at radius 1 is 1.31 bits per heavy atom. The molecule has 0 aliphatic heterocycles. The molecule has 3 heteroatoms. The zero-order valence-electron chi connectivity index (χ0n) is 10.5. The summed E-state index contributed by atoms with van der Waals surface area (Å²) in [5.74, 6) is 1.00. The van der Waals surface area contributed by atoms with Crippen molar-refractivity contribution in [1.82, 2.24) is 4.90 Å². The van der Waals surface area contributed by atoms with Crippen LogP contribution in [0.2, 0.25) is 0 Å². The summed E-state index contributed by atoms with van der Waals surface area (Å²) in [5, 5.41) is 8.90. The summed E-state index contributed by atoms with van der Waals surface area (Å²) < 4.78 is 0. The molecule has 0 aromatic rings. The number of rotatable bonds is 7. The number of aliphatic hydroxyl groups is 1. The molecule has 0 atom stereocenters. The SMILES string of the molecule is CCCN(CCO)C(=O)CCC1CCCC1. The van der Waals surface area contributed by atoms with E-state index in [9.17, 15) is 4.79 Å². The molecule has 1 amide bonds. The molecule has 1 saturated carbocycles. The standard InChI is InChI=1S/C13H25NO2/c1-2-9-14(10-11-15)13(16)8-7-12-5-3-4-6-12/h12,15H,2-11H2,1H3. The molecule has 1 aliphatic rings. The molecule has 0 spiro atoms. The summed E-state index contributed by atoms with van der Waals surface area (Å²) in [6.45, 7) is 3.42. The first-order valence-electron chi connectivity index (χ1n) is 6.66. The number of nitrogens with zero attached hydrogens (tertiary/aromatic N) is 1. The normalized spacial score (nSPS) is 16.6. The van der Waals surface area contributed by atoms with E-state index in [1.54, 1.807) is 4.90 Å². The van der Waals surface area contributed by atoms with Gasteiger partial charge in [0, 0.05) is 19.5 Å². The summed E-state index contributed by atoms with van der Waals surface area (Å²) in [6.07, 6.45) is 7.98. The molecule has 0 unspecified atom stereocenters. The van der Waals surface area contributed by atoms with Crippen molar-refractivity contribution in [3.8, 4) is 0 Å². The highest BCUT2D eigenvalue weighted by Gasteiger charge is 2.18. The molecule has 0 saturated heterocycles. The van der Waals surface area contributed by atoms with E-state index in [1.165, 1.54) is 25.7 Å². The second-order valence-corrected chi connectivity index (χ2v) is 4.79. The van der Waals surface area contributed by atoms with Crippen LogP contribution in [0.3, 0.4) is 0 Å². The molecular weight excluding hydrogens is 202 g/mol. The van der Waals surface area contributed by atoms with E-state index >= 15 is 0 Å². The Hall–Kier alpha value is -0.570. The van der Waals surface area contributed by atoms with E-state index in [0.29, 0.717) is 13.0 Å². The number of carbonyl (C=O) groups is 1.